The Hall–Kier alpha value is -6.00. The lowest BCUT2D eigenvalue weighted by Crippen LogP contribution is -2.61. The number of hydrogen-bond donors (Lipinski definition) is 0. The van der Waals surface area contributed by atoms with Crippen molar-refractivity contribution in [1.82, 2.24) is 0 Å². The normalized spacial score (nSPS) is 17.6. The lowest BCUT2D eigenvalue weighted by Gasteiger charge is -2.46. The molecule has 0 N–H and O–H groups in total. The van der Waals surface area contributed by atoms with E-state index < -0.39 is 0 Å². The molecule has 0 radical (unpaired) electrons. The van der Waals surface area contributed by atoms with Crippen LogP contribution >= 0.6 is 0 Å². The number of para-hydroxylation sites is 2. The molecule has 0 amide bonds. The third kappa shape index (κ3) is 7.35. The second-order valence-corrected chi connectivity index (χ2v) is 26.8. The first-order valence-corrected chi connectivity index (χ1v) is 26.5. The summed E-state index contributed by atoms with van der Waals surface area (Å²) in [6.45, 7) is 41.0. The number of fused-ring (bicyclic) bond motifs is 6. The van der Waals surface area contributed by atoms with Crippen molar-refractivity contribution in [2.45, 2.75) is 163 Å². The molecule has 0 unspecified atom stereocenters. The molecule has 7 aromatic carbocycles. The van der Waals surface area contributed by atoms with Crippen molar-refractivity contribution in [2.75, 3.05) is 14.7 Å². The highest BCUT2D eigenvalue weighted by Crippen LogP contribution is 2.56. The first-order chi connectivity index (χ1) is 33.2. The Morgan fingerprint density at radius 1 is 0.408 bits per heavy atom. The minimum Gasteiger partial charge on any atom is -0.311 e. The van der Waals surface area contributed by atoms with Crippen molar-refractivity contribution in [3.63, 3.8) is 0 Å². The summed E-state index contributed by atoms with van der Waals surface area (Å²) in [5, 5.41) is 0. The quantitative estimate of drug-likeness (QED) is 0.159. The van der Waals surface area contributed by atoms with Gasteiger partial charge in [-0.2, -0.15) is 0 Å². The molecule has 2 heterocycles. The van der Waals surface area contributed by atoms with E-state index in [-0.39, 0.29) is 39.2 Å². The molecular formula is C67H76BN3. The summed E-state index contributed by atoms with van der Waals surface area (Å²) in [5.41, 5.74) is 27.9. The molecule has 7 aromatic rings. The molecular weight excluding hydrogens is 858 g/mol. The van der Waals surface area contributed by atoms with E-state index in [1.54, 1.807) is 0 Å². The summed E-state index contributed by atoms with van der Waals surface area (Å²) in [5.74, 6) is 0. The van der Waals surface area contributed by atoms with Gasteiger partial charge in [0.25, 0.3) is 6.71 Å². The third-order valence-electron chi connectivity index (χ3n) is 17.2. The van der Waals surface area contributed by atoms with Crippen molar-refractivity contribution in [3.8, 4) is 0 Å². The second kappa shape index (κ2) is 15.5. The highest BCUT2D eigenvalue weighted by atomic mass is 15.2. The maximum atomic E-state index is 2.73. The maximum absolute atomic E-state index is 2.73. The molecule has 2 aliphatic carbocycles. The number of anilines is 9. The Morgan fingerprint density at radius 3 is 1.35 bits per heavy atom. The molecule has 2 aliphatic heterocycles. The van der Waals surface area contributed by atoms with Gasteiger partial charge in [-0.3, -0.25) is 0 Å². The fraction of sp³-hybridized carbons (Fsp3) is 0.373. The summed E-state index contributed by atoms with van der Waals surface area (Å²) in [4.78, 5) is 7.87. The molecule has 4 heteroatoms. The highest BCUT2D eigenvalue weighted by Gasteiger charge is 2.50. The van der Waals surface area contributed by atoms with E-state index in [1.165, 1.54) is 101 Å². The van der Waals surface area contributed by atoms with Crippen LogP contribution in [0.25, 0.3) is 0 Å². The Kier molecular flexibility index (Phi) is 10.3. The molecule has 0 atom stereocenters. The van der Waals surface area contributed by atoms with Crippen LogP contribution in [0, 0.1) is 20.8 Å². The van der Waals surface area contributed by atoms with Gasteiger partial charge in [-0.05, 0) is 193 Å². The van der Waals surface area contributed by atoms with Crippen LogP contribution in [0.2, 0.25) is 0 Å². The van der Waals surface area contributed by atoms with Crippen LogP contribution in [0.5, 0.6) is 0 Å². The Bertz CT molecular complexity index is 3260. The fourth-order valence-corrected chi connectivity index (χ4v) is 14.2. The molecule has 3 nitrogen and oxygen atoms in total. The van der Waals surface area contributed by atoms with Crippen molar-refractivity contribution in [1.29, 1.82) is 0 Å². The van der Waals surface area contributed by atoms with E-state index in [1.807, 2.05) is 0 Å². The van der Waals surface area contributed by atoms with E-state index in [2.05, 4.69) is 260 Å². The lowest BCUT2D eigenvalue weighted by molar-refractivity contribution is 0.402. The van der Waals surface area contributed by atoms with Crippen LogP contribution in [0.4, 0.5) is 51.2 Å². The molecule has 0 saturated heterocycles. The predicted octanol–water partition coefficient (Wildman–Crippen LogP) is 16.7. The van der Waals surface area contributed by atoms with E-state index in [0.29, 0.717) is 0 Å². The Balaban J connectivity index is 1.29. The molecule has 11 rings (SSSR count). The van der Waals surface area contributed by atoms with Gasteiger partial charge in [-0.15, -0.1) is 0 Å². The van der Waals surface area contributed by atoms with Gasteiger partial charge in [-0.1, -0.05) is 164 Å². The van der Waals surface area contributed by atoms with E-state index in [0.717, 1.165) is 29.9 Å². The predicted molar refractivity (Wildman–Crippen MR) is 308 cm³/mol. The lowest BCUT2D eigenvalue weighted by atomic mass is 9.33. The minimum atomic E-state index is -0.138. The SMILES string of the molecule is Cc1cc2c(cc1N1c3cc(N(c4ccccc4)c4ccccc4)ccc3B3c4cc5c(cc4N(c4c(C)cc(C(C)(C)C)cc4C)c4cc(C(C)(C)C)cc1c43)C(C)(C)CC5(C)C)C(C)(C)CC2(C)C. The van der Waals surface area contributed by atoms with Gasteiger partial charge >= 0.3 is 0 Å². The number of aryl methyl sites for hydroxylation is 3. The van der Waals surface area contributed by atoms with Crippen LogP contribution in [0.15, 0.2) is 127 Å². The molecule has 4 aliphatic rings. The number of benzene rings is 7. The molecule has 0 aromatic heterocycles. The summed E-state index contributed by atoms with van der Waals surface area (Å²) >= 11 is 0. The summed E-state index contributed by atoms with van der Waals surface area (Å²) in [6, 6.07) is 49.8. The molecule has 0 saturated carbocycles. The van der Waals surface area contributed by atoms with E-state index in [4.69, 9.17) is 0 Å². The van der Waals surface area contributed by atoms with Gasteiger partial charge < -0.3 is 14.7 Å². The van der Waals surface area contributed by atoms with Crippen LogP contribution < -0.4 is 31.1 Å². The maximum Gasteiger partial charge on any atom is 0.252 e. The standard InChI is InChI=1S/C67H76BN3/c1-41-32-49-51(66(14,15)39-64(49,10)11)37-55(41)70-56-35-48(69(46-24-20-18-21-25-46)47-26-22-19-23-27-47)28-29-53(56)68-54-36-50-52(67(16,17)40-65(50,12)13)38-57(54)71(59-34-45(63(7,8)9)33-58(70)60(59)68)61-42(2)30-44(31-43(61)3)62(4,5)6/h18-38H,39-40H2,1-17H3. The van der Waals surface area contributed by atoms with Crippen molar-refractivity contribution < 1.29 is 0 Å². The van der Waals surface area contributed by atoms with Crippen LogP contribution in [0.1, 0.15) is 160 Å². The topological polar surface area (TPSA) is 9.72 Å². The Morgan fingerprint density at radius 2 is 0.845 bits per heavy atom. The first-order valence-electron chi connectivity index (χ1n) is 26.5. The third-order valence-corrected chi connectivity index (χ3v) is 17.2. The smallest absolute Gasteiger partial charge is 0.252 e. The average Bonchev–Trinajstić information content (AvgIpc) is 3.59. The molecule has 71 heavy (non-hydrogen) atoms. The number of rotatable bonds is 5. The van der Waals surface area contributed by atoms with Crippen LogP contribution in [-0.4, -0.2) is 6.71 Å². The zero-order valence-electron chi connectivity index (χ0n) is 46.0. The van der Waals surface area contributed by atoms with Gasteiger partial charge in [0.1, 0.15) is 0 Å². The van der Waals surface area contributed by atoms with Gasteiger partial charge in [0, 0.05) is 45.5 Å². The zero-order valence-corrected chi connectivity index (χ0v) is 46.0. The Labute approximate surface area is 427 Å². The molecule has 0 fully saturated rings. The zero-order chi connectivity index (χ0) is 50.7. The average molecular weight is 934 g/mol. The molecule has 0 spiro atoms. The van der Waals surface area contributed by atoms with Gasteiger partial charge in [0.2, 0.25) is 0 Å². The van der Waals surface area contributed by atoms with Crippen LogP contribution in [0.3, 0.4) is 0 Å². The van der Waals surface area contributed by atoms with Crippen molar-refractivity contribution in [3.05, 3.63) is 177 Å². The molecule has 362 valence electrons. The van der Waals surface area contributed by atoms with Gasteiger partial charge in [0.05, 0.1) is 5.69 Å². The van der Waals surface area contributed by atoms with Gasteiger partial charge in [0.15, 0.2) is 0 Å². The monoisotopic (exact) mass is 934 g/mol. The fourth-order valence-electron chi connectivity index (χ4n) is 14.2. The van der Waals surface area contributed by atoms with Crippen molar-refractivity contribution in [2.24, 2.45) is 0 Å². The molecule has 0 bridgehead atoms. The highest BCUT2D eigenvalue weighted by molar-refractivity contribution is 7.00. The van der Waals surface area contributed by atoms with Crippen LogP contribution in [-0.2, 0) is 32.5 Å². The van der Waals surface area contributed by atoms with E-state index >= 15 is 0 Å². The largest absolute Gasteiger partial charge is 0.311 e. The summed E-state index contributed by atoms with van der Waals surface area (Å²) in [7, 11) is 0. The number of hydrogen-bond acceptors (Lipinski definition) is 3. The summed E-state index contributed by atoms with van der Waals surface area (Å²) in [6.07, 6.45) is 2.23. The van der Waals surface area contributed by atoms with Gasteiger partial charge in [-0.25, -0.2) is 0 Å². The van der Waals surface area contributed by atoms with E-state index in [9.17, 15) is 0 Å². The van der Waals surface area contributed by atoms with Crippen molar-refractivity contribution >= 4 is 74.3 Å². The number of nitrogens with zero attached hydrogens (tertiary/aromatic N) is 3. The summed E-state index contributed by atoms with van der Waals surface area (Å²) < 4.78 is 0. The first kappa shape index (κ1) is 47.3. The second-order valence-electron chi connectivity index (χ2n) is 26.8. The minimum absolute atomic E-state index is 0.00755.